The van der Waals surface area contributed by atoms with E-state index in [1.165, 1.54) is 24.3 Å². The molecular weight excluding hydrogens is 403 g/mol. The minimum Gasteiger partial charge on any atom is -0.490 e. The normalized spacial score (nSPS) is 11.0. The topological polar surface area (TPSA) is 73.9 Å². The molecule has 6 nitrogen and oxygen atoms in total. The Hall–Kier alpha value is -3.23. The zero-order valence-corrected chi connectivity index (χ0v) is 16.5. The van der Waals surface area contributed by atoms with Crippen LogP contribution in [0.2, 0.25) is 0 Å². The summed E-state index contributed by atoms with van der Waals surface area (Å²) in [6.07, 6.45) is -4.42. The van der Waals surface area contributed by atoms with Gasteiger partial charge < -0.3 is 19.5 Å². The van der Waals surface area contributed by atoms with E-state index in [9.17, 15) is 22.8 Å². The first kappa shape index (κ1) is 23.1. The Labute approximate surface area is 171 Å². The molecule has 0 heterocycles. The molecule has 9 heteroatoms. The summed E-state index contributed by atoms with van der Waals surface area (Å²) >= 11 is 0. The number of carbonyl (C=O) groups excluding carboxylic acids is 2. The molecule has 0 radical (unpaired) electrons. The largest absolute Gasteiger partial charge is 0.490 e. The van der Waals surface area contributed by atoms with Gasteiger partial charge in [-0.25, -0.2) is 4.79 Å². The molecule has 0 aromatic heterocycles. The smallest absolute Gasteiger partial charge is 0.416 e. The molecule has 0 saturated heterocycles. The fraction of sp³-hybridized carbons (Fsp3) is 0.333. The fourth-order valence-electron chi connectivity index (χ4n) is 2.46. The van der Waals surface area contributed by atoms with Gasteiger partial charge in [0.05, 0.1) is 24.3 Å². The highest BCUT2D eigenvalue weighted by molar-refractivity contribution is 5.92. The van der Waals surface area contributed by atoms with E-state index in [4.69, 9.17) is 14.2 Å². The van der Waals surface area contributed by atoms with E-state index in [-0.39, 0.29) is 12.1 Å². The lowest BCUT2D eigenvalue weighted by Gasteiger charge is -2.12. The Kier molecular flexibility index (Phi) is 8.08. The van der Waals surface area contributed by atoms with Crippen LogP contribution in [0.1, 0.15) is 35.3 Å². The van der Waals surface area contributed by atoms with Crippen LogP contribution in [0, 0.1) is 0 Å². The van der Waals surface area contributed by atoms with Gasteiger partial charge in [0, 0.05) is 6.54 Å². The Balaban J connectivity index is 1.87. The first-order chi connectivity index (χ1) is 14.2. The Bertz CT molecular complexity index is 866. The van der Waals surface area contributed by atoms with Crippen LogP contribution >= 0.6 is 0 Å². The molecular formula is C21H22F3NO5. The predicted molar refractivity (Wildman–Crippen MR) is 102 cm³/mol. The first-order valence-electron chi connectivity index (χ1n) is 9.24. The highest BCUT2D eigenvalue weighted by Crippen LogP contribution is 2.29. The summed E-state index contributed by atoms with van der Waals surface area (Å²) in [5.41, 5.74) is -0.0960. The molecule has 2 rings (SSSR count). The zero-order chi connectivity index (χ0) is 22.1. The number of nitrogens with one attached hydrogen (secondary N) is 1. The molecule has 0 atom stereocenters. The maximum absolute atomic E-state index is 12.5. The van der Waals surface area contributed by atoms with Crippen LogP contribution in [0.15, 0.2) is 42.5 Å². The number of alkyl halides is 3. The van der Waals surface area contributed by atoms with Crippen molar-refractivity contribution in [3.63, 3.8) is 0 Å². The Morgan fingerprint density at radius 3 is 2.17 bits per heavy atom. The first-order valence-corrected chi connectivity index (χ1v) is 9.24. The van der Waals surface area contributed by atoms with Crippen molar-refractivity contribution in [2.75, 3.05) is 19.8 Å². The van der Waals surface area contributed by atoms with Crippen LogP contribution in [0.3, 0.4) is 0 Å². The number of halogens is 3. The van der Waals surface area contributed by atoms with Crippen LogP contribution in [-0.2, 0) is 22.3 Å². The maximum Gasteiger partial charge on any atom is 0.416 e. The minimum atomic E-state index is -4.42. The average Bonchev–Trinajstić information content (AvgIpc) is 2.71. The number of benzene rings is 2. The number of ether oxygens (including phenoxy) is 3. The van der Waals surface area contributed by atoms with Gasteiger partial charge in [0.25, 0.3) is 5.91 Å². The van der Waals surface area contributed by atoms with Crippen molar-refractivity contribution in [3.8, 4) is 11.5 Å². The number of amides is 1. The zero-order valence-electron chi connectivity index (χ0n) is 16.5. The van der Waals surface area contributed by atoms with E-state index < -0.39 is 30.2 Å². The monoisotopic (exact) mass is 425 g/mol. The van der Waals surface area contributed by atoms with Crippen molar-refractivity contribution in [1.29, 1.82) is 0 Å². The lowest BCUT2D eigenvalue weighted by molar-refractivity contribution is -0.137. The van der Waals surface area contributed by atoms with Crippen molar-refractivity contribution in [2.45, 2.75) is 26.6 Å². The molecule has 0 fully saturated rings. The number of carbonyl (C=O) groups is 2. The highest BCUT2D eigenvalue weighted by Gasteiger charge is 2.29. The van der Waals surface area contributed by atoms with Gasteiger partial charge in [0.1, 0.15) is 0 Å². The molecule has 0 saturated carbocycles. The van der Waals surface area contributed by atoms with Crippen LogP contribution in [0.4, 0.5) is 13.2 Å². The van der Waals surface area contributed by atoms with Gasteiger partial charge in [-0.1, -0.05) is 12.1 Å². The second kappa shape index (κ2) is 10.5. The standard InChI is InChI=1S/C21H22F3NO5/c1-3-28-17-10-7-15(11-18(17)29-4-2)20(27)30-13-19(26)25-12-14-5-8-16(9-6-14)21(22,23)24/h5-11H,3-4,12-13H2,1-2H3,(H,25,26). The van der Waals surface area contributed by atoms with Crippen LogP contribution in [-0.4, -0.2) is 31.7 Å². The van der Waals surface area contributed by atoms with Crippen molar-refractivity contribution < 1.29 is 37.0 Å². The Morgan fingerprint density at radius 2 is 1.57 bits per heavy atom. The SMILES string of the molecule is CCOc1ccc(C(=O)OCC(=O)NCc2ccc(C(F)(F)F)cc2)cc1OCC. The molecule has 0 unspecified atom stereocenters. The Morgan fingerprint density at radius 1 is 0.933 bits per heavy atom. The molecule has 0 aliphatic carbocycles. The number of hydrogen-bond acceptors (Lipinski definition) is 5. The average molecular weight is 425 g/mol. The molecule has 0 spiro atoms. The van der Waals surface area contributed by atoms with Crippen LogP contribution in [0.5, 0.6) is 11.5 Å². The molecule has 0 aliphatic rings. The molecule has 2 aromatic carbocycles. The van der Waals surface area contributed by atoms with Crippen LogP contribution < -0.4 is 14.8 Å². The summed E-state index contributed by atoms with van der Waals surface area (Å²) in [5.74, 6) is -0.423. The third-order valence-corrected chi connectivity index (χ3v) is 3.88. The van der Waals surface area contributed by atoms with Crippen molar-refractivity contribution >= 4 is 11.9 Å². The summed E-state index contributed by atoms with van der Waals surface area (Å²) in [7, 11) is 0. The maximum atomic E-state index is 12.5. The van der Waals surface area contributed by atoms with E-state index in [0.29, 0.717) is 30.3 Å². The van der Waals surface area contributed by atoms with E-state index in [2.05, 4.69) is 5.32 Å². The van der Waals surface area contributed by atoms with Gasteiger partial charge >= 0.3 is 12.1 Å². The summed E-state index contributed by atoms with van der Waals surface area (Å²) < 4.78 is 53.5. The van der Waals surface area contributed by atoms with E-state index in [1.54, 1.807) is 13.0 Å². The van der Waals surface area contributed by atoms with Crippen LogP contribution in [0.25, 0.3) is 0 Å². The van der Waals surface area contributed by atoms with Crippen molar-refractivity contribution in [3.05, 3.63) is 59.2 Å². The number of hydrogen-bond donors (Lipinski definition) is 1. The van der Waals surface area contributed by atoms with Gasteiger partial charge in [-0.05, 0) is 49.7 Å². The van der Waals surface area contributed by atoms with Gasteiger partial charge in [-0.2, -0.15) is 13.2 Å². The number of esters is 1. The second-order valence-corrected chi connectivity index (χ2v) is 6.08. The summed E-state index contributed by atoms with van der Waals surface area (Å²) in [5, 5.41) is 2.48. The molecule has 30 heavy (non-hydrogen) atoms. The summed E-state index contributed by atoms with van der Waals surface area (Å²) in [6.45, 7) is 3.90. The van der Waals surface area contributed by atoms with Gasteiger partial charge in [0.2, 0.25) is 0 Å². The highest BCUT2D eigenvalue weighted by atomic mass is 19.4. The third kappa shape index (κ3) is 6.68. The van der Waals surface area contributed by atoms with E-state index >= 15 is 0 Å². The van der Waals surface area contributed by atoms with E-state index in [1.807, 2.05) is 6.92 Å². The van der Waals surface area contributed by atoms with Gasteiger partial charge in [-0.3, -0.25) is 4.79 Å². The van der Waals surface area contributed by atoms with E-state index in [0.717, 1.165) is 12.1 Å². The summed E-state index contributed by atoms with van der Waals surface area (Å²) in [4.78, 5) is 24.0. The van der Waals surface area contributed by atoms with Crippen molar-refractivity contribution in [2.24, 2.45) is 0 Å². The quantitative estimate of drug-likeness (QED) is 0.616. The molecule has 2 aromatic rings. The fourth-order valence-corrected chi connectivity index (χ4v) is 2.46. The molecule has 162 valence electrons. The predicted octanol–water partition coefficient (Wildman–Crippen LogP) is 3.98. The third-order valence-electron chi connectivity index (χ3n) is 3.88. The molecule has 0 aliphatic heterocycles. The van der Waals surface area contributed by atoms with Gasteiger partial charge in [0.15, 0.2) is 18.1 Å². The summed E-state index contributed by atoms with van der Waals surface area (Å²) in [6, 6.07) is 8.95. The molecule has 1 N–H and O–H groups in total. The second-order valence-electron chi connectivity index (χ2n) is 6.08. The molecule has 1 amide bonds. The van der Waals surface area contributed by atoms with Gasteiger partial charge in [-0.15, -0.1) is 0 Å². The lowest BCUT2D eigenvalue weighted by Crippen LogP contribution is -2.28. The number of rotatable bonds is 9. The molecule has 0 bridgehead atoms. The van der Waals surface area contributed by atoms with Crippen molar-refractivity contribution in [1.82, 2.24) is 5.32 Å². The lowest BCUT2D eigenvalue weighted by atomic mass is 10.1. The minimum absolute atomic E-state index is 0.00601.